The number of carbonyl (C=O) groups excluding carboxylic acids is 2. The molecular formula is C12H20O6. The molecule has 0 aliphatic carbocycles. The standard InChI is InChI=1S/C12H20O6/c1-5-15-10(13)8-9(11(14)16-6-2)18-12(17-8)7(3)4/h7-9,12H,5-6H2,1-4H3/t8-,9-/m0/s1. The van der Waals surface area contributed by atoms with Crippen LogP contribution in [0.2, 0.25) is 0 Å². The van der Waals surface area contributed by atoms with E-state index >= 15 is 0 Å². The van der Waals surface area contributed by atoms with Crippen LogP contribution in [0.1, 0.15) is 27.7 Å². The molecule has 1 fully saturated rings. The van der Waals surface area contributed by atoms with Gasteiger partial charge in [-0.3, -0.25) is 0 Å². The van der Waals surface area contributed by atoms with E-state index in [1.807, 2.05) is 13.8 Å². The minimum atomic E-state index is -1.05. The van der Waals surface area contributed by atoms with Crippen molar-refractivity contribution in [1.82, 2.24) is 0 Å². The molecule has 2 atom stereocenters. The Labute approximate surface area is 107 Å². The van der Waals surface area contributed by atoms with E-state index in [1.54, 1.807) is 13.8 Å². The van der Waals surface area contributed by atoms with Crippen molar-refractivity contribution in [3.8, 4) is 0 Å². The maximum Gasteiger partial charge on any atom is 0.338 e. The van der Waals surface area contributed by atoms with Crippen molar-refractivity contribution in [3.05, 3.63) is 0 Å². The first-order chi connectivity index (χ1) is 8.51. The van der Waals surface area contributed by atoms with Crippen LogP contribution in [0.5, 0.6) is 0 Å². The Bertz CT molecular complexity index is 275. The summed E-state index contributed by atoms with van der Waals surface area (Å²) >= 11 is 0. The van der Waals surface area contributed by atoms with Gasteiger partial charge in [0.25, 0.3) is 0 Å². The summed E-state index contributed by atoms with van der Waals surface area (Å²) < 4.78 is 20.6. The molecular weight excluding hydrogens is 240 g/mol. The highest BCUT2D eigenvalue weighted by Gasteiger charge is 2.47. The summed E-state index contributed by atoms with van der Waals surface area (Å²) in [5.74, 6) is -1.17. The minimum Gasteiger partial charge on any atom is -0.464 e. The zero-order chi connectivity index (χ0) is 13.7. The molecule has 104 valence electrons. The van der Waals surface area contributed by atoms with Gasteiger partial charge in [-0.2, -0.15) is 0 Å². The van der Waals surface area contributed by atoms with Gasteiger partial charge in [-0.25, -0.2) is 9.59 Å². The Balaban J connectivity index is 2.76. The molecule has 0 amide bonds. The molecule has 0 aromatic rings. The molecule has 0 unspecified atom stereocenters. The lowest BCUT2D eigenvalue weighted by atomic mass is 10.2. The molecule has 6 nitrogen and oxygen atoms in total. The molecule has 0 bridgehead atoms. The topological polar surface area (TPSA) is 71.1 Å². The molecule has 1 heterocycles. The summed E-state index contributed by atoms with van der Waals surface area (Å²) in [6.07, 6.45) is -2.69. The predicted molar refractivity (Wildman–Crippen MR) is 61.6 cm³/mol. The Morgan fingerprint density at radius 2 is 1.39 bits per heavy atom. The number of rotatable bonds is 5. The second kappa shape index (κ2) is 6.70. The van der Waals surface area contributed by atoms with Crippen LogP contribution in [0.4, 0.5) is 0 Å². The first kappa shape index (κ1) is 14.9. The van der Waals surface area contributed by atoms with Gasteiger partial charge >= 0.3 is 11.9 Å². The van der Waals surface area contributed by atoms with Crippen LogP contribution >= 0.6 is 0 Å². The van der Waals surface area contributed by atoms with Gasteiger partial charge in [-0.05, 0) is 13.8 Å². The highest BCUT2D eigenvalue weighted by Crippen LogP contribution is 2.26. The third-order valence-electron chi connectivity index (χ3n) is 2.42. The van der Waals surface area contributed by atoms with Crippen LogP contribution in [-0.2, 0) is 28.5 Å². The fourth-order valence-electron chi connectivity index (χ4n) is 1.59. The normalized spacial score (nSPS) is 24.3. The molecule has 0 aromatic heterocycles. The van der Waals surface area contributed by atoms with Crippen LogP contribution in [0.25, 0.3) is 0 Å². The van der Waals surface area contributed by atoms with Gasteiger partial charge in [0, 0.05) is 5.92 Å². The monoisotopic (exact) mass is 260 g/mol. The summed E-state index contributed by atoms with van der Waals surface area (Å²) in [5.41, 5.74) is 0. The van der Waals surface area contributed by atoms with Gasteiger partial charge in [0.1, 0.15) is 0 Å². The van der Waals surface area contributed by atoms with E-state index in [1.165, 1.54) is 0 Å². The highest BCUT2D eigenvalue weighted by molar-refractivity contribution is 5.86. The predicted octanol–water partition coefficient (Wildman–Crippen LogP) is 0.879. The minimum absolute atomic E-state index is 0.0290. The lowest BCUT2D eigenvalue weighted by Crippen LogP contribution is -2.39. The van der Waals surface area contributed by atoms with Gasteiger partial charge in [-0.1, -0.05) is 13.8 Å². The quantitative estimate of drug-likeness (QED) is 0.683. The molecule has 1 aliphatic rings. The number of hydrogen-bond donors (Lipinski definition) is 0. The van der Waals surface area contributed by atoms with Gasteiger partial charge in [0.2, 0.25) is 0 Å². The molecule has 0 spiro atoms. The van der Waals surface area contributed by atoms with Crippen molar-refractivity contribution in [2.24, 2.45) is 5.92 Å². The van der Waals surface area contributed by atoms with Crippen molar-refractivity contribution < 1.29 is 28.5 Å². The van der Waals surface area contributed by atoms with Gasteiger partial charge in [0.15, 0.2) is 18.5 Å². The van der Waals surface area contributed by atoms with E-state index in [2.05, 4.69) is 0 Å². The van der Waals surface area contributed by atoms with Gasteiger partial charge < -0.3 is 18.9 Å². The molecule has 0 saturated carbocycles. The van der Waals surface area contributed by atoms with Crippen molar-refractivity contribution in [2.45, 2.75) is 46.2 Å². The van der Waals surface area contributed by atoms with Crippen molar-refractivity contribution in [2.75, 3.05) is 13.2 Å². The number of carbonyl (C=O) groups is 2. The number of esters is 2. The molecule has 0 N–H and O–H groups in total. The molecule has 0 aromatic carbocycles. The van der Waals surface area contributed by atoms with Crippen molar-refractivity contribution in [1.29, 1.82) is 0 Å². The van der Waals surface area contributed by atoms with Gasteiger partial charge in [0.05, 0.1) is 13.2 Å². The smallest absolute Gasteiger partial charge is 0.338 e. The van der Waals surface area contributed by atoms with Gasteiger partial charge in [-0.15, -0.1) is 0 Å². The van der Waals surface area contributed by atoms with Crippen LogP contribution in [0.15, 0.2) is 0 Å². The third-order valence-corrected chi connectivity index (χ3v) is 2.42. The zero-order valence-corrected chi connectivity index (χ0v) is 11.2. The first-order valence-corrected chi connectivity index (χ1v) is 6.15. The van der Waals surface area contributed by atoms with E-state index in [0.29, 0.717) is 0 Å². The van der Waals surface area contributed by atoms with Crippen LogP contribution in [0, 0.1) is 5.92 Å². The Morgan fingerprint density at radius 3 is 1.67 bits per heavy atom. The largest absolute Gasteiger partial charge is 0.464 e. The Hall–Kier alpha value is -1.14. The summed E-state index contributed by atoms with van der Waals surface area (Å²) in [5, 5.41) is 0. The van der Waals surface area contributed by atoms with E-state index in [-0.39, 0.29) is 19.1 Å². The second-order valence-electron chi connectivity index (χ2n) is 4.23. The lowest BCUT2D eigenvalue weighted by Gasteiger charge is -2.13. The average molecular weight is 260 g/mol. The molecule has 18 heavy (non-hydrogen) atoms. The summed E-state index contributed by atoms with van der Waals surface area (Å²) in [7, 11) is 0. The van der Waals surface area contributed by atoms with E-state index in [0.717, 1.165) is 0 Å². The van der Waals surface area contributed by atoms with Crippen LogP contribution in [-0.4, -0.2) is 43.7 Å². The fraction of sp³-hybridized carbons (Fsp3) is 0.833. The molecule has 0 radical (unpaired) electrons. The maximum absolute atomic E-state index is 11.7. The molecule has 6 heteroatoms. The molecule has 1 rings (SSSR count). The lowest BCUT2D eigenvalue weighted by molar-refractivity contribution is -0.163. The zero-order valence-electron chi connectivity index (χ0n) is 11.2. The Kier molecular flexibility index (Phi) is 5.55. The third kappa shape index (κ3) is 3.43. The summed E-state index contributed by atoms with van der Waals surface area (Å²) in [6, 6.07) is 0. The van der Waals surface area contributed by atoms with Crippen molar-refractivity contribution in [3.63, 3.8) is 0 Å². The summed E-state index contributed by atoms with van der Waals surface area (Å²) in [6.45, 7) is 7.57. The SMILES string of the molecule is CCOC(=O)[C@H]1OC(C(C)C)O[C@@H]1C(=O)OCC. The average Bonchev–Trinajstić information content (AvgIpc) is 2.74. The number of hydrogen-bond acceptors (Lipinski definition) is 6. The number of ether oxygens (including phenoxy) is 4. The Morgan fingerprint density at radius 1 is 1.00 bits per heavy atom. The van der Waals surface area contributed by atoms with E-state index in [4.69, 9.17) is 18.9 Å². The highest BCUT2D eigenvalue weighted by atomic mass is 16.8. The molecule has 1 saturated heterocycles. The van der Waals surface area contributed by atoms with Crippen LogP contribution < -0.4 is 0 Å². The van der Waals surface area contributed by atoms with Crippen molar-refractivity contribution >= 4 is 11.9 Å². The molecule has 1 aliphatic heterocycles. The first-order valence-electron chi connectivity index (χ1n) is 6.15. The fourth-order valence-corrected chi connectivity index (χ4v) is 1.59. The van der Waals surface area contributed by atoms with E-state index in [9.17, 15) is 9.59 Å². The van der Waals surface area contributed by atoms with E-state index < -0.39 is 30.4 Å². The summed E-state index contributed by atoms with van der Waals surface area (Å²) in [4.78, 5) is 23.4. The van der Waals surface area contributed by atoms with Crippen LogP contribution in [0.3, 0.4) is 0 Å². The maximum atomic E-state index is 11.7. The second-order valence-corrected chi connectivity index (χ2v) is 4.23.